The summed E-state index contributed by atoms with van der Waals surface area (Å²) < 4.78 is 0. The van der Waals surface area contributed by atoms with Crippen molar-refractivity contribution in [2.75, 3.05) is 13.1 Å². The number of urea groups is 1. The van der Waals surface area contributed by atoms with Gasteiger partial charge in [-0.25, -0.2) is 4.79 Å². The van der Waals surface area contributed by atoms with E-state index in [0.29, 0.717) is 18.5 Å². The fourth-order valence-corrected chi connectivity index (χ4v) is 2.10. The Labute approximate surface area is 91.2 Å². The second-order valence-corrected chi connectivity index (χ2v) is 4.95. The molecule has 2 fully saturated rings. The Hall–Kier alpha value is -0.770. The van der Waals surface area contributed by atoms with Gasteiger partial charge < -0.3 is 16.0 Å². The molecule has 4 nitrogen and oxygen atoms in total. The Morgan fingerprint density at radius 1 is 1.40 bits per heavy atom. The molecule has 0 aromatic heterocycles. The highest BCUT2D eigenvalue weighted by molar-refractivity contribution is 5.74. The van der Waals surface area contributed by atoms with Crippen molar-refractivity contribution in [1.82, 2.24) is 10.2 Å². The van der Waals surface area contributed by atoms with Gasteiger partial charge in [0, 0.05) is 25.2 Å². The number of nitrogens with two attached hydrogens (primary N) is 1. The molecule has 2 unspecified atom stereocenters. The monoisotopic (exact) mass is 211 g/mol. The molecule has 1 aliphatic carbocycles. The summed E-state index contributed by atoms with van der Waals surface area (Å²) in [5.74, 6) is 0.540. The maximum absolute atomic E-state index is 11.8. The van der Waals surface area contributed by atoms with Gasteiger partial charge in [0.2, 0.25) is 0 Å². The molecule has 0 bridgehead atoms. The number of carbonyl (C=O) groups excluding carboxylic acids is 1. The maximum Gasteiger partial charge on any atom is 0.317 e. The summed E-state index contributed by atoms with van der Waals surface area (Å²) in [6.45, 7) is 3.72. The lowest BCUT2D eigenvalue weighted by Crippen LogP contribution is -2.54. The minimum atomic E-state index is 0.0852. The minimum absolute atomic E-state index is 0.0852. The smallest absolute Gasteiger partial charge is 0.317 e. The second kappa shape index (κ2) is 4.39. The first-order valence-corrected chi connectivity index (χ1v) is 5.98. The number of carbonyl (C=O) groups is 1. The first-order valence-electron chi connectivity index (χ1n) is 5.98. The molecule has 1 saturated carbocycles. The number of likely N-dealkylation sites (tertiary alicyclic amines) is 1. The van der Waals surface area contributed by atoms with Crippen molar-refractivity contribution in [2.45, 2.75) is 44.7 Å². The Morgan fingerprint density at radius 2 is 2.13 bits per heavy atom. The molecule has 2 amide bonds. The highest BCUT2D eigenvalue weighted by atomic mass is 16.2. The molecule has 1 heterocycles. The summed E-state index contributed by atoms with van der Waals surface area (Å²) in [5, 5.41) is 3.05. The van der Waals surface area contributed by atoms with Crippen LogP contribution in [0.3, 0.4) is 0 Å². The molecule has 86 valence electrons. The van der Waals surface area contributed by atoms with Crippen molar-refractivity contribution in [3.63, 3.8) is 0 Å². The van der Waals surface area contributed by atoms with Crippen LogP contribution in [0.15, 0.2) is 0 Å². The van der Waals surface area contributed by atoms with E-state index in [2.05, 4.69) is 12.2 Å². The third-order valence-corrected chi connectivity index (χ3v) is 3.74. The van der Waals surface area contributed by atoms with Gasteiger partial charge in [0.25, 0.3) is 0 Å². The first-order chi connectivity index (χ1) is 7.16. The predicted molar refractivity (Wildman–Crippen MR) is 59.5 cm³/mol. The standard InChI is InChI=1S/C11H21N3O/c1-8-5-6-14(7-10(8)12)11(15)13-9-3-2-4-9/h8-10H,2-7,12H2,1H3,(H,13,15). The number of hydrogen-bond donors (Lipinski definition) is 2. The van der Waals surface area contributed by atoms with Gasteiger partial charge in [0.05, 0.1) is 0 Å². The van der Waals surface area contributed by atoms with E-state index in [-0.39, 0.29) is 12.1 Å². The van der Waals surface area contributed by atoms with Gasteiger partial charge in [-0.3, -0.25) is 0 Å². The van der Waals surface area contributed by atoms with E-state index in [0.717, 1.165) is 25.8 Å². The third kappa shape index (κ3) is 2.43. The Kier molecular flexibility index (Phi) is 3.14. The number of piperidine rings is 1. The molecule has 1 saturated heterocycles. The third-order valence-electron chi connectivity index (χ3n) is 3.74. The maximum atomic E-state index is 11.8. The summed E-state index contributed by atoms with van der Waals surface area (Å²) in [4.78, 5) is 13.7. The summed E-state index contributed by atoms with van der Waals surface area (Å²) in [6.07, 6.45) is 4.56. The SMILES string of the molecule is CC1CCN(C(=O)NC2CCC2)CC1N. The van der Waals surface area contributed by atoms with E-state index in [1.54, 1.807) is 0 Å². The van der Waals surface area contributed by atoms with Crippen LogP contribution in [-0.2, 0) is 0 Å². The predicted octanol–water partition coefficient (Wildman–Crippen LogP) is 0.918. The minimum Gasteiger partial charge on any atom is -0.335 e. The molecule has 2 rings (SSSR count). The molecule has 0 aromatic rings. The average Bonchev–Trinajstić information content (AvgIpc) is 2.15. The number of nitrogens with zero attached hydrogens (tertiary/aromatic N) is 1. The van der Waals surface area contributed by atoms with Crippen molar-refractivity contribution in [3.05, 3.63) is 0 Å². The van der Waals surface area contributed by atoms with Crippen molar-refractivity contribution >= 4 is 6.03 Å². The fourth-order valence-electron chi connectivity index (χ4n) is 2.10. The van der Waals surface area contributed by atoms with Crippen molar-refractivity contribution in [1.29, 1.82) is 0 Å². The van der Waals surface area contributed by atoms with Crippen LogP contribution < -0.4 is 11.1 Å². The molecule has 15 heavy (non-hydrogen) atoms. The van der Waals surface area contributed by atoms with Crippen LogP contribution in [-0.4, -0.2) is 36.1 Å². The van der Waals surface area contributed by atoms with Crippen LogP contribution in [0, 0.1) is 5.92 Å². The molecule has 0 radical (unpaired) electrons. The van der Waals surface area contributed by atoms with Crippen LogP contribution in [0.1, 0.15) is 32.6 Å². The molecule has 2 atom stereocenters. The molecule has 4 heteroatoms. The number of rotatable bonds is 1. The van der Waals surface area contributed by atoms with E-state index in [1.807, 2.05) is 4.90 Å². The molecule has 0 aromatic carbocycles. The molecule has 1 aliphatic heterocycles. The lowest BCUT2D eigenvalue weighted by atomic mass is 9.93. The van der Waals surface area contributed by atoms with E-state index in [1.165, 1.54) is 6.42 Å². The van der Waals surface area contributed by atoms with Gasteiger partial charge in [0.1, 0.15) is 0 Å². The van der Waals surface area contributed by atoms with Gasteiger partial charge in [0.15, 0.2) is 0 Å². The molecule has 3 N–H and O–H groups in total. The van der Waals surface area contributed by atoms with Crippen molar-refractivity contribution in [3.8, 4) is 0 Å². The zero-order valence-corrected chi connectivity index (χ0v) is 9.41. The highest BCUT2D eigenvalue weighted by Gasteiger charge is 2.28. The molecule has 0 spiro atoms. The number of hydrogen-bond acceptors (Lipinski definition) is 2. The fraction of sp³-hybridized carbons (Fsp3) is 0.909. The van der Waals surface area contributed by atoms with Crippen LogP contribution in [0.4, 0.5) is 4.79 Å². The zero-order valence-electron chi connectivity index (χ0n) is 9.41. The quantitative estimate of drug-likeness (QED) is 0.677. The zero-order chi connectivity index (χ0) is 10.8. The van der Waals surface area contributed by atoms with Crippen LogP contribution in [0.5, 0.6) is 0 Å². The number of amides is 2. The van der Waals surface area contributed by atoms with Gasteiger partial charge >= 0.3 is 6.03 Å². The average molecular weight is 211 g/mol. The van der Waals surface area contributed by atoms with Crippen LogP contribution >= 0.6 is 0 Å². The lowest BCUT2D eigenvalue weighted by Gasteiger charge is -2.37. The summed E-state index contributed by atoms with van der Waals surface area (Å²) >= 11 is 0. The normalized spacial score (nSPS) is 32.3. The van der Waals surface area contributed by atoms with Gasteiger partial charge in [-0.15, -0.1) is 0 Å². The largest absolute Gasteiger partial charge is 0.335 e. The Morgan fingerprint density at radius 3 is 2.67 bits per heavy atom. The van der Waals surface area contributed by atoms with E-state index in [9.17, 15) is 4.79 Å². The van der Waals surface area contributed by atoms with Gasteiger partial charge in [-0.2, -0.15) is 0 Å². The van der Waals surface area contributed by atoms with Gasteiger partial charge in [-0.05, 0) is 31.6 Å². The van der Waals surface area contributed by atoms with Crippen LogP contribution in [0.25, 0.3) is 0 Å². The second-order valence-electron chi connectivity index (χ2n) is 4.95. The summed E-state index contributed by atoms with van der Waals surface area (Å²) in [5.41, 5.74) is 5.96. The Balaban J connectivity index is 1.79. The number of nitrogens with one attached hydrogen (secondary N) is 1. The Bertz CT molecular complexity index is 240. The first kappa shape index (κ1) is 10.7. The van der Waals surface area contributed by atoms with Crippen LogP contribution in [0.2, 0.25) is 0 Å². The molecule has 2 aliphatic rings. The summed E-state index contributed by atoms with van der Waals surface area (Å²) in [6, 6.07) is 0.654. The van der Waals surface area contributed by atoms with Crippen molar-refractivity contribution in [2.24, 2.45) is 11.7 Å². The highest BCUT2D eigenvalue weighted by Crippen LogP contribution is 2.20. The topological polar surface area (TPSA) is 58.4 Å². The molecular weight excluding hydrogens is 190 g/mol. The van der Waals surface area contributed by atoms with Crippen molar-refractivity contribution < 1.29 is 4.79 Å². The van der Waals surface area contributed by atoms with Gasteiger partial charge in [-0.1, -0.05) is 6.92 Å². The lowest BCUT2D eigenvalue weighted by molar-refractivity contribution is 0.154. The van der Waals surface area contributed by atoms with E-state index >= 15 is 0 Å². The summed E-state index contributed by atoms with van der Waals surface area (Å²) in [7, 11) is 0. The van der Waals surface area contributed by atoms with E-state index in [4.69, 9.17) is 5.73 Å². The molecular formula is C11H21N3O. The van der Waals surface area contributed by atoms with E-state index < -0.39 is 0 Å².